The number of para-hydroxylation sites is 1. The van der Waals surface area contributed by atoms with Crippen LogP contribution in [-0.4, -0.2) is 11.7 Å². The summed E-state index contributed by atoms with van der Waals surface area (Å²) >= 11 is 0. The number of rotatable bonds is 7. The Bertz CT molecular complexity index is 483. The van der Waals surface area contributed by atoms with Crippen LogP contribution in [0, 0.1) is 0 Å². The average molecular weight is 260 g/mol. The molecule has 4 heteroatoms. The van der Waals surface area contributed by atoms with Gasteiger partial charge in [-0.2, -0.15) is 0 Å². The van der Waals surface area contributed by atoms with Gasteiger partial charge in [0, 0.05) is 17.7 Å². The van der Waals surface area contributed by atoms with Crippen molar-refractivity contribution < 1.29 is 9.26 Å². The van der Waals surface area contributed by atoms with Crippen LogP contribution in [-0.2, 0) is 6.61 Å². The molecule has 1 unspecified atom stereocenters. The quantitative estimate of drug-likeness (QED) is 0.829. The van der Waals surface area contributed by atoms with Gasteiger partial charge in [0.05, 0.1) is 6.20 Å². The zero-order valence-electron chi connectivity index (χ0n) is 11.4. The smallest absolute Gasteiger partial charge is 0.174 e. The van der Waals surface area contributed by atoms with E-state index < -0.39 is 0 Å². The fourth-order valence-electron chi connectivity index (χ4n) is 2.09. The molecule has 2 aromatic rings. The van der Waals surface area contributed by atoms with Crippen LogP contribution in [0.3, 0.4) is 0 Å². The van der Waals surface area contributed by atoms with E-state index in [0.29, 0.717) is 12.6 Å². The predicted molar refractivity (Wildman–Crippen MR) is 74.0 cm³/mol. The van der Waals surface area contributed by atoms with Gasteiger partial charge in [-0.25, -0.2) is 0 Å². The Morgan fingerprint density at radius 2 is 2.11 bits per heavy atom. The predicted octanol–water partition coefficient (Wildman–Crippen LogP) is 3.31. The maximum absolute atomic E-state index is 5.84. The second-order valence-electron chi connectivity index (χ2n) is 4.32. The van der Waals surface area contributed by atoms with E-state index in [-0.39, 0.29) is 0 Å². The van der Waals surface area contributed by atoms with Crippen molar-refractivity contribution in [2.75, 3.05) is 6.54 Å². The third kappa shape index (κ3) is 3.58. The summed E-state index contributed by atoms with van der Waals surface area (Å²) in [6.45, 7) is 5.62. The van der Waals surface area contributed by atoms with Crippen LogP contribution >= 0.6 is 0 Å². The SMILES string of the molecule is CCNC(CC)c1ccccc1OCc1ccno1. The van der Waals surface area contributed by atoms with Gasteiger partial charge in [0.25, 0.3) is 0 Å². The van der Waals surface area contributed by atoms with Crippen molar-refractivity contribution in [3.8, 4) is 5.75 Å². The average Bonchev–Trinajstić information content (AvgIpc) is 2.96. The van der Waals surface area contributed by atoms with Crippen LogP contribution in [0.5, 0.6) is 5.75 Å². The minimum absolute atomic E-state index is 0.316. The number of nitrogens with zero attached hydrogens (tertiary/aromatic N) is 1. The molecule has 1 N–H and O–H groups in total. The highest BCUT2D eigenvalue weighted by atomic mass is 16.5. The van der Waals surface area contributed by atoms with Crippen molar-refractivity contribution in [1.82, 2.24) is 10.5 Å². The van der Waals surface area contributed by atoms with Crippen molar-refractivity contribution in [3.63, 3.8) is 0 Å². The first-order valence-corrected chi connectivity index (χ1v) is 6.69. The molecule has 0 aliphatic carbocycles. The Hall–Kier alpha value is -1.81. The number of hydrogen-bond acceptors (Lipinski definition) is 4. The molecule has 0 saturated heterocycles. The van der Waals surface area contributed by atoms with Crippen LogP contribution in [0.25, 0.3) is 0 Å². The zero-order chi connectivity index (χ0) is 13.5. The Morgan fingerprint density at radius 1 is 1.26 bits per heavy atom. The zero-order valence-corrected chi connectivity index (χ0v) is 11.4. The summed E-state index contributed by atoms with van der Waals surface area (Å²) in [5.41, 5.74) is 1.19. The van der Waals surface area contributed by atoms with E-state index in [4.69, 9.17) is 9.26 Å². The summed E-state index contributed by atoms with van der Waals surface area (Å²) in [5, 5.41) is 7.14. The molecule has 1 atom stereocenters. The number of aromatic nitrogens is 1. The fraction of sp³-hybridized carbons (Fsp3) is 0.400. The molecule has 0 bridgehead atoms. The second-order valence-corrected chi connectivity index (χ2v) is 4.32. The molecule has 1 aromatic heterocycles. The Morgan fingerprint density at radius 3 is 2.79 bits per heavy atom. The van der Waals surface area contributed by atoms with Gasteiger partial charge in [0.1, 0.15) is 12.4 Å². The number of hydrogen-bond donors (Lipinski definition) is 1. The summed E-state index contributed by atoms with van der Waals surface area (Å²) in [7, 11) is 0. The van der Waals surface area contributed by atoms with Gasteiger partial charge < -0.3 is 14.6 Å². The van der Waals surface area contributed by atoms with Crippen molar-refractivity contribution in [2.45, 2.75) is 32.9 Å². The van der Waals surface area contributed by atoms with Crippen molar-refractivity contribution in [1.29, 1.82) is 0 Å². The highest BCUT2D eigenvalue weighted by molar-refractivity contribution is 5.36. The lowest BCUT2D eigenvalue weighted by atomic mass is 10.0. The minimum Gasteiger partial charge on any atom is -0.485 e. The Labute approximate surface area is 113 Å². The molecule has 102 valence electrons. The maximum Gasteiger partial charge on any atom is 0.174 e. The van der Waals surface area contributed by atoms with E-state index in [0.717, 1.165) is 24.5 Å². The van der Waals surface area contributed by atoms with Gasteiger partial charge in [-0.3, -0.25) is 0 Å². The number of benzene rings is 1. The molecular weight excluding hydrogens is 240 g/mol. The molecule has 19 heavy (non-hydrogen) atoms. The molecule has 2 rings (SSSR count). The molecule has 0 aliphatic heterocycles. The second kappa shape index (κ2) is 6.95. The highest BCUT2D eigenvalue weighted by Crippen LogP contribution is 2.27. The molecular formula is C15H20N2O2. The maximum atomic E-state index is 5.84. The minimum atomic E-state index is 0.316. The van der Waals surface area contributed by atoms with Crippen LogP contribution in [0.1, 0.15) is 37.6 Å². The molecule has 1 heterocycles. The molecule has 0 aliphatic rings. The normalized spacial score (nSPS) is 12.3. The van der Waals surface area contributed by atoms with Gasteiger partial charge in [0.15, 0.2) is 5.76 Å². The third-order valence-electron chi connectivity index (χ3n) is 3.01. The van der Waals surface area contributed by atoms with Gasteiger partial charge >= 0.3 is 0 Å². The summed E-state index contributed by atoms with van der Waals surface area (Å²) < 4.78 is 10.9. The van der Waals surface area contributed by atoms with Crippen molar-refractivity contribution in [3.05, 3.63) is 47.9 Å². The summed E-state index contributed by atoms with van der Waals surface area (Å²) in [5.74, 6) is 1.62. The summed E-state index contributed by atoms with van der Waals surface area (Å²) in [6, 6.07) is 10.2. The Balaban J connectivity index is 2.11. The number of ether oxygens (including phenoxy) is 1. The molecule has 4 nitrogen and oxygen atoms in total. The molecule has 0 saturated carbocycles. The standard InChI is InChI=1S/C15H20N2O2/c1-3-14(16-4-2)13-7-5-6-8-15(13)18-11-12-9-10-17-19-12/h5-10,14,16H,3-4,11H2,1-2H3. The van der Waals surface area contributed by atoms with E-state index in [1.807, 2.05) is 24.3 Å². The lowest BCUT2D eigenvalue weighted by Crippen LogP contribution is -2.20. The van der Waals surface area contributed by atoms with Crippen LogP contribution in [0.2, 0.25) is 0 Å². The first-order valence-electron chi connectivity index (χ1n) is 6.69. The van der Waals surface area contributed by atoms with Crippen LogP contribution in [0.4, 0.5) is 0 Å². The largest absolute Gasteiger partial charge is 0.485 e. The van der Waals surface area contributed by atoms with E-state index in [1.54, 1.807) is 6.20 Å². The topological polar surface area (TPSA) is 47.3 Å². The van der Waals surface area contributed by atoms with Crippen LogP contribution < -0.4 is 10.1 Å². The molecule has 0 fully saturated rings. The molecule has 0 amide bonds. The van der Waals surface area contributed by atoms with E-state index in [2.05, 4.69) is 30.4 Å². The monoisotopic (exact) mass is 260 g/mol. The molecule has 0 spiro atoms. The van der Waals surface area contributed by atoms with Gasteiger partial charge in [-0.05, 0) is 19.0 Å². The Kier molecular flexibility index (Phi) is 4.98. The van der Waals surface area contributed by atoms with E-state index in [1.165, 1.54) is 5.56 Å². The van der Waals surface area contributed by atoms with Gasteiger partial charge in [-0.1, -0.05) is 37.2 Å². The third-order valence-corrected chi connectivity index (χ3v) is 3.01. The van der Waals surface area contributed by atoms with Crippen LogP contribution in [0.15, 0.2) is 41.1 Å². The van der Waals surface area contributed by atoms with Gasteiger partial charge in [-0.15, -0.1) is 0 Å². The first kappa shape index (κ1) is 13.6. The lowest BCUT2D eigenvalue weighted by molar-refractivity contribution is 0.245. The first-order chi connectivity index (χ1) is 9.35. The van der Waals surface area contributed by atoms with Gasteiger partial charge in [0.2, 0.25) is 0 Å². The highest BCUT2D eigenvalue weighted by Gasteiger charge is 2.13. The van der Waals surface area contributed by atoms with Crippen molar-refractivity contribution >= 4 is 0 Å². The van der Waals surface area contributed by atoms with E-state index in [9.17, 15) is 0 Å². The molecule has 0 radical (unpaired) electrons. The number of nitrogens with one attached hydrogen (secondary N) is 1. The lowest BCUT2D eigenvalue weighted by Gasteiger charge is -2.19. The van der Waals surface area contributed by atoms with Crippen molar-refractivity contribution in [2.24, 2.45) is 0 Å². The molecule has 1 aromatic carbocycles. The fourth-order valence-corrected chi connectivity index (χ4v) is 2.09. The summed E-state index contributed by atoms with van der Waals surface area (Å²) in [4.78, 5) is 0. The summed E-state index contributed by atoms with van der Waals surface area (Å²) in [6.07, 6.45) is 2.65. The van der Waals surface area contributed by atoms with E-state index >= 15 is 0 Å².